The van der Waals surface area contributed by atoms with Crippen molar-refractivity contribution in [2.24, 2.45) is 5.73 Å². The Kier molecular flexibility index (Phi) is 7.83. The van der Waals surface area contributed by atoms with Gasteiger partial charge in [0.25, 0.3) is 0 Å². The number of fused-ring (bicyclic) bond motifs is 1. The first-order valence-electron chi connectivity index (χ1n) is 9.25. The summed E-state index contributed by atoms with van der Waals surface area (Å²) in [6.07, 6.45) is 11.7. The minimum absolute atomic E-state index is 0.140. The second-order valence-electron chi connectivity index (χ2n) is 6.41. The molecule has 2 aromatic rings. The molecular weight excluding hydrogens is 300 g/mol. The number of rotatable bonds is 11. The van der Waals surface area contributed by atoms with E-state index < -0.39 is 0 Å². The van der Waals surface area contributed by atoms with Gasteiger partial charge >= 0.3 is 5.97 Å². The van der Waals surface area contributed by atoms with E-state index in [9.17, 15) is 4.79 Å². The first kappa shape index (κ1) is 18.5. The summed E-state index contributed by atoms with van der Waals surface area (Å²) in [5, 5.41) is 1.08. The van der Waals surface area contributed by atoms with Crippen LogP contribution in [0.15, 0.2) is 24.4 Å². The summed E-state index contributed by atoms with van der Waals surface area (Å²) >= 11 is 0. The van der Waals surface area contributed by atoms with Crippen LogP contribution in [0, 0.1) is 0 Å². The fraction of sp³-hybridized carbons (Fsp3) is 0.550. The molecule has 1 aromatic carbocycles. The van der Waals surface area contributed by atoms with E-state index in [0.717, 1.165) is 35.7 Å². The number of nitrogens with two attached hydrogens (primary N) is 1. The number of hydrogen-bond donors (Lipinski definition) is 2. The minimum Gasteiger partial charge on any atom is -0.427 e. The van der Waals surface area contributed by atoms with Crippen molar-refractivity contribution < 1.29 is 9.53 Å². The van der Waals surface area contributed by atoms with Gasteiger partial charge in [-0.15, -0.1) is 0 Å². The molecule has 1 aromatic heterocycles. The maximum absolute atomic E-state index is 12.0. The Bertz CT molecular complexity index is 634. The van der Waals surface area contributed by atoms with Crippen LogP contribution in [0.5, 0.6) is 5.75 Å². The minimum atomic E-state index is -0.140. The van der Waals surface area contributed by atoms with Gasteiger partial charge in [-0.2, -0.15) is 0 Å². The van der Waals surface area contributed by atoms with Crippen LogP contribution in [0.1, 0.15) is 63.9 Å². The Morgan fingerprint density at radius 3 is 2.62 bits per heavy atom. The van der Waals surface area contributed by atoms with Crippen LogP contribution in [0.25, 0.3) is 10.9 Å². The summed E-state index contributed by atoms with van der Waals surface area (Å²) in [5.41, 5.74) is 7.85. The summed E-state index contributed by atoms with van der Waals surface area (Å²) in [6, 6.07) is 5.72. The van der Waals surface area contributed by atoms with Crippen molar-refractivity contribution in [3.8, 4) is 5.75 Å². The average Bonchev–Trinajstić information content (AvgIpc) is 2.97. The number of unbranched alkanes of at least 4 members (excludes halogenated alkanes) is 6. The third-order valence-corrected chi connectivity index (χ3v) is 4.37. The molecular formula is C20H30N2O2. The molecule has 4 heteroatoms. The van der Waals surface area contributed by atoms with Gasteiger partial charge in [0.05, 0.1) is 0 Å². The molecule has 0 unspecified atom stereocenters. The second-order valence-corrected chi connectivity index (χ2v) is 6.41. The largest absolute Gasteiger partial charge is 0.427 e. The lowest BCUT2D eigenvalue weighted by molar-refractivity contribution is -0.134. The normalized spacial score (nSPS) is 11.1. The van der Waals surface area contributed by atoms with Crippen molar-refractivity contribution >= 4 is 16.9 Å². The molecule has 0 aliphatic carbocycles. The fourth-order valence-corrected chi connectivity index (χ4v) is 2.99. The first-order valence-corrected chi connectivity index (χ1v) is 9.25. The van der Waals surface area contributed by atoms with Crippen LogP contribution in [-0.4, -0.2) is 17.5 Å². The highest BCUT2D eigenvalue weighted by molar-refractivity contribution is 5.85. The fourth-order valence-electron chi connectivity index (χ4n) is 2.99. The number of benzene rings is 1. The molecule has 0 spiro atoms. The van der Waals surface area contributed by atoms with E-state index in [2.05, 4.69) is 11.9 Å². The van der Waals surface area contributed by atoms with Gasteiger partial charge in [-0.1, -0.05) is 45.4 Å². The van der Waals surface area contributed by atoms with Gasteiger partial charge in [0.15, 0.2) is 0 Å². The predicted octanol–water partition coefficient (Wildman–Crippen LogP) is 4.72. The van der Waals surface area contributed by atoms with Crippen molar-refractivity contribution in [3.63, 3.8) is 0 Å². The monoisotopic (exact) mass is 330 g/mol. The SMILES string of the molecule is CCCCCCCCCC(=O)Oc1ccc2[nH]cc(CCN)c2c1. The molecule has 0 saturated carbocycles. The van der Waals surface area contributed by atoms with Gasteiger partial charge < -0.3 is 15.5 Å². The molecule has 0 fully saturated rings. The van der Waals surface area contributed by atoms with Gasteiger partial charge in [0.2, 0.25) is 0 Å². The molecule has 0 radical (unpaired) electrons. The maximum Gasteiger partial charge on any atom is 0.311 e. The van der Waals surface area contributed by atoms with Gasteiger partial charge in [0, 0.05) is 23.5 Å². The van der Waals surface area contributed by atoms with E-state index in [-0.39, 0.29) is 5.97 Å². The van der Waals surface area contributed by atoms with Crippen molar-refractivity contribution in [1.29, 1.82) is 0 Å². The van der Waals surface area contributed by atoms with E-state index in [0.29, 0.717) is 18.7 Å². The molecule has 132 valence electrons. The van der Waals surface area contributed by atoms with Gasteiger partial charge in [0.1, 0.15) is 5.75 Å². The van der Waals surface area contributed by atoms with Gasteiger partial charge in [-0.05, 0) is 43.1 Å². The molecule has 0 amide bonds. The van der Waals surface area contributed by atoms with Crippen molar-refractivity contribution in [2.75, 3.05) is 6.54 Å². The molecule has 0 saturated heterocycles. The van der Waals surface area contributed by atoms with Crippen molar-refractivity contribution in [3.05, 3.63) is 30.0 Å². The number of carbonyl (C=O) groups excluding carboxylic acids is 1. The summed E-state index contributed by atoms with van der Waals surface area (Å²) in [5.74, 6) is 0.479. The van der Waals surface area contributed by atoms with E-state index in [1.165, 1.54) is 32.1 Å². The molecule has 24 heavy (non-hydrogen) atoms. The molecule has 4 nitrogen and oxygen atoms in total. The van der Waals surface area contributed by atoms with Crippen LogP contribution < -0.4 is 10.5 Å². The third-order valence-electron chi connectivity index (χ3n) is 4.37. The predicted molar refractivity (Wildman–Crippen MR) is 99.3 cm³/mol. The lowest BCUT2D eigenvalue weighted by Gasteiger charge is -2.05. The lowest BCUT2D eigenvalue weighted by Crippen LogP contribution is -2.07. The first-order chi connectivity index (χ1) is 11.7. The Labute approximate surface area is 144 Å². The van der Waals surface area contributed by atoms with Crippen molar-refractivity contribution in [1.82, 2.24) is 4.98 Å². The van der Waals surface area contributed by atoms with E-state index in [4.69, 9.17) is 10.5 Å². The highest BCUT2D eigenvalue weighted by Gasteiger charge is 2.08. The summed E-state index contributed by atoms with van der Waals surface area (Å²) in [6.45, 7) is 2.83. The number of aromatic nitrogens is 1. The standard InChI is InChI=1S/C20H30N2O2/c1-2-3-4-5-6-7-8-9-20(23)24-17-10-11-19-18(14-17)16(12-13-21)15-22-19/h10-11,14-15,22H,2-9,12-13,21H2,1H3. The number of esters is 1. The summed E-state index contributed by atoms with van der Waals surface area (Å²) in [7, 11) is 0. The van der Waals surface area contributed by atoms with Gasteiger partial charge in [-0.3, -0.25) is 4.79 Å². The molecule has 0 aliphatic rings. The second kappa shape index (κ2) is 10.1. The van der Waals surface area contributed by atoms with Crippen molar-refractivity contribution in [2.45, 2.75) is 64.7 Å². The molecule has 1 heterocycles. The summed E-state index contributed by atoms with van der Waals surface area (Å²) < 4.78 is 5.49. The highest BCUT2D eigenvalue weighted by atomic mass is 16.5. The van der Waals surface area contributed by atoms with Crippen LogP contribution in [-0.2, 0) is 11.2 Å². The highest BCUT2D eigenvalue weighted by Crippen LogP contribution is 2.24. The number of ether oxygens (including phenoxy) is 1. The average molecular weight is 330 g/mol. The number of nitrogens with one attached hydrogen (secondary N) is 1. The number of H-pyrrole nitrogens is 1. The van der Waals surface area contributed by atoms with Gasteiger partial charge in [-0.25, -0.2) is 0 Å². The van der Waals surface area contributed by atoms with Crippen LogP contribution in [0.4, 0.5) is 0 Å². The number of hydrogen-bond acceptors (Lipinski definition) is 3. The molecule has 3 N–H and O–H groups in total. The van der Waals surface area contributed by atoms with E-state index in [1.807, 2.05) is 24.4 Å². The molecule has 0 bridgehead atoms. The Hall–Kier alpha value is -1.81. The van der Waals surface area contributed by atoms with E-state index >= 15 is 0 Å². The topological polar surface area (TPSA) is 68.1 Å². The quantitative estimate of drug-likeness (QED) is 0.356. The Morgan fingerprint density at radius 1 is 1.12 bits per heavy atom. The number of carbonyl (C=O) groups is 1. The van der Waals surface area contributed by atoms with Crippen LogP contribution in [0.2, 0.25) is 0 Å². The zero-order valence-electron chi connectivity index (χ0n) is 14.8. The van der Waals surface area contributed by atoms with Crippen LogP contribution >= 0.6 is 0 Å². The molecule has 0 atom stereocenters. The molecule has 2 rings (SSSR count). The Balaban J connectivity index is 1.77. The maximum atomic E-state index is 12.0. The third kappa shape index (κ3) is 5.68. The summed E-state index contributed by atoms with van der Waals surface area (Å²) in [4.78, 5) is 15.2. The lowest BCUT2D eigenvalue weighted by atomic mass is 10.1. The zero-order valence-corrected chi connectivity index (χ0v) is 14.8. The zero-order chi connectivity index (χ0) is 17.2. The van der Waals surface area contributed by atoms with Crippen LogP contribution in [0.3, 0.4) is 0 Å². The smallest absolute Gasteiger partial charge is 0.311 e. The number of aromatic amines is 1. The van der Waals surface area contributed by atoms with E-state index in [1.54, 1.807) is 0 Å². The molecule has 0 aliphatic heterocycles. The Morgan fingerprint density at radius 2 is 1.88 bits per heavy atom.